The van der Waals surface area contributed by atoms with Gasteiger partial charge >= 0.3 is 0 Å². The van der Waals surface area contributed by atoms with Crippen LogP contribution in [0.1, 0.15) is 17.7 Å². The second kappa shape index (κ2) is 17.5. The van der Waals surface area contributed by atoms with Gasteiger partial charge in [-0.05, 0) is 122 Å². The molecule has 10 aromatic carbocycles. The molecule has 19 rings (SSSR count). The van der Waals surface area contributed by atoms with Gasteiger partial charge in [0.1, 0.15) is 22.5 Å². The quantitative estimate of drug-likeness (QED) is 0.163. The average Bonchev–Trinajstić information content (AvgIpc) is 2.88. The Balaban J connectivity index is 0.877. The van der Waals surface area contributed by atoms with Crippen LogP contribution in [-0.4, -0.2) is 34.1 Å². The summed E-state index contributed by atoms with van der Waals surface area (Å²) >= 11 is 3.61. The van der Waals surface area contributed by atoms with Crippen molar-refractivity contribution in [3.63, 3.8) is 0 Å². The highest BCUT2D eigenvalue weighted by Gasteiger charge is 2.26. The first-order valence-electron chi connectivity index (χ1n) is 28.2. The summed E-state index contributed by atoms with van der Waals surface area (Å²) in [5, 5.41) is 12.2. The van der Waals surface area contributed by atoms with Gasteiger partial charge in [-0.1, -0.05) is 109 Å². The molecular formula is C73H41N7O2S2. The van der Waals surface area contributed by atoms with E-state index in [-0.39, 0.29) is 0 Å². The van der Waals surface area contributed by atoms with E-state index in [9.17, 15) is 0 Å². The second-order valence-electron chi connectivity index (χ2n) is 21.8. The van der Waals surface area contributed by atoms with Crippen LogP contribution in [0.4, 0.5) is 0 Å². The van der Waals surface area contributed by atoms with Crippen molar-refractivity contribution in [2.24, 2.45) is 0 Å². The minimum atomic E-state index is 0.519. The maximum atomic E-state index is 6.42. The van der Waals surface area contributed by atoms with E-state index in [4.69, 9.17) is 33.8 Å². The normalized spacial score (nSPS) is 12.9. The number of thiophene rings is 2. The third kappa shape index (κ3) is 6.79. The molecule has 0 fully saturated rings. The Morgan fingerprint density at radius 1 is 0.357 bits per heavy atom. The molecule has 0 unspecified atom stereocenters. The van der Waals surface area contributed by atoms with Crippen LogP contribution in [0.3, 0.4) is 0 Å². The molecule has 8 heterocycles. The lowest BCUT2D eigenvalue weighted by Gasteiger charge is -2.13. The number of benzene rings is 10. The van der Waals surface area contributed by atoms with Gasteiger partial charge in [-0.25, -0.2) is 15.0 Å². The lowest BCUT2D eigenvalue weighted by Crippen LogP contribution is -2.06. The predicted octanol–water partition coefficient (Wildman–Crippen LogP) is 19.9. The molecule has 9 nitrogen and oxygen atoms in total. The first-order valence-corrected chi connectivity index (χ1v) is 29.8. The molecule has 0 atom stereocenters. The van der Waals surface area contributed by atoms with Crippen LogP contribution < -0.4 is 0 Å². The van der Waals surface area contributed by atoms with E-state index in [1.54, 1.807) is 22.7 Å². The molecule has 0 saturated carbocycles. The number of nitrogens with zero attached hydrogens (tertiary/aromatic N) is 7. The van der Waals surface area contributed by atoms with Crippen LogP contribution in [0.15, 0.2) is 227 Å². The van der Waals surface area contributed by atoms with E-state index < -0.39 is 0 Å². The summed E-state index contributed by atoms with van der Waals surface area (Å²) in [6, 6.07) is 75.3. The molecule has 0 amide bonds. The van der Waals surface area contributed by atoms with Crippen LogP contribution >= 0.6 is 22.7 Å². The van der Waals surface area contributed by atoms with Gasteiger partial charge in [0.05, 0.1) is 33.5 Å². The summed E-state index contributed by atoms with van der Waals surface area (Å²) in [6.07, 6.45) is 6.28. The number of rotatable bonds is 6. The van der Waals surface area contributed by atoms with Gasteiger partial charge in [0.25, 0.3) is 0 Å². The van der Waals surface area contributed by atoms with Gasteiger partial charge in [0.2, 0.25) is 11.9 Å². The summed E-state index contributed by atoms with van der Waals surface area (Å²) in [6.45, 7) is 0. The van der Waals surface area contributed by atoms with Gasteiger partial charge in [0.15, 0.2) is 11.6 Å². The highest BCUT2D eigenvalue weighted by atomic mass is 32.1. The highest BCUT2D eigenvalue weighted by Crippen LogP contribution is 2.45. The Labute approximate surface area is 485 Å². The first-order chi connectivity index (χ1) is 41.6. The van der Waals surface area contributed by atoms with Crippen molar-refractivity contribution < 1.29 is 8.83 Å². The summed E-state index contributed by atoms with van der Waals surface area (Å²) in [5.74, 6) is 3.26. The van der Waals surface area contributed by atoms with Crippen molar-refractivity contribution in [3.8, 4) is 57.2 Å². The zero-order valence-electron chi connectivity index (χ0n) is 44.5. The first kappa shape index (κ1) is 46.1. The minimum absolute atomic E-state index is 0.519. The van der Waals surface area contributed by atoms with Gasteiger partial charge in [-0.3, -0.25) is 9.13 Å². The van der Waals surface area contributed by atoms with E-state index in [2.05, 4.69) is 221 Å². The van der Waals surface area contributed by atoms with Crippen molar-refractivity contribution in [1.82, 2.24) is 34.1 Å². The van der Waals surface area contributed by atoms with Gasteiger partial charge in [-0.2, -0.15) is 9.97 Å². The Morgan fingerprint density at radius 3 is 1.60 bits per heavy atom. The molecule has 392 valence electrons. The molecule has 8 aromatic heterocycles. The van der Waals surface area contributed by atoms with Gasteiger partial charge in [-0.15, -0.1) is 22.7 Å². The Hall–Kier alpha value is -10.6. The standard InChI is InChI=1S/C73H41N7O2S2/c1-7-19-57-44(13-1)49-29-30-59-68(69(49)80(57)73-77-70(42-27-33-66-53(37-42)47-16-5-11-23-64(47)83-66)76-71(78-73)43-28-34-67-54(38-43)48-17-6-12-24-65(48)84-67)50-18-2-8-20-58(50)79(59)72-74-55(40-25-31-62-51(35-40)45-14-3-9-21-60(45)81-62)39-56(75-72)41-26-32-63-52(36-41)46-15-4-10-22-61(46)82-63/h1-9,11-21,23-39H,10,22H2. The lowest BCUT2D eigenvalue weighted by atomic mass is 10.00. The third-order valence-corrected chi connectivity index (χ3v) is 19.4. The Bertz CT molecular complexity index is 5780. The highest BCUT2D eigenvalue weighted by molar-refractivity contribution is 7.26. The summed E-state index contributed by atoms with van der Waals surface area (Å²) in [5.41, 5.74) is 12.9. The molecule has 84 heavy (non-hydrogen) atoms. The van der Waals surface area contributed by atoms with Crippen molar-refractivity contribution >= 4 is 146 Å². The molecule has 0 spiro atoms. The zero-order valence-corrected chi connectivity index (χ0v) is 46.2. The molecule has 0 radical (unpaired) electrons. The SMILES string of the molecule is C1=Cc2c(oc3ccc(-c4cc(-c5ccc6oc7ccccc7c6c5)nc(-n5c6ccccc6c6c5ccc5c7ccccc7n(-c7nc(-c8ccc9sc%10ccccc%10c9c8)nc(-c8ccc9sc%10ccccc%10c9c8)n7)c56)n4)cc23)CC1. The van der Waals surface area contributed by atoms with Crippen molar-refractivity contribution in [3.05, 3.63) is 230 Å². The lowest BCUT2D eigenvalue weighted by molar-refractivity contribution is 0.546. The van der Waals surface area contributed by atoms with Crippen LogP contribution in [0.25, 0.3) is 180 Å². The van der Waals surface area contributed by atoms with E-state index in [1.165, 1.54) is 40.3 Å². The van der Waals surface area contributed by atoms with E-state index in [0.29, 0.717) is 23.5 Å². The van der Waals surface area contributed by atoms with Crippen LogP contribution in [-0.2, 0) is 6.42 Å². The maximum Gasteiger partial charge on any atom is 0.238 e. The zero-order chi connectivity index (χ0) is 54.7. The van der Waals surface area contributed by atoms with Crippen molar-refractivity contribution in [1.29, 1.82) is 0 Å². The Kier molecular flexibility index (Phi) is 9.58. The predicted molar refractivity (Wildman–Crippen MR) is 346 cm³/mol. The van der Waals surface area contributed by atoms with Crippen molar-refractivity contribution in [2.75, 3.05) is 0 Å². The fourth-order valence-electron chi connectivity index (χ4n) is 13.2. The largest absolute Gasteiger partial charge is 0.460 e. The topological polar surface area (TPSA) is 101 Å². The maximum absolute atomic E-state index is 6.42. The van der Waals surface area contributed by atoms with Crippen LogP contribution in [0.5, 0.6) is 0 Å². The van der Waals surface area contributed by atoms with Gasteiger partial charge in [0, 0.05) is 112 Å². The number of hydrogen-bond donors (Lipinski definition) is 0. The van der Waals surface area contributed by atoms with E-state index >= 15 is 0 Å². The molecule has 0 aliphatic heterocycles. The Morgan fingerprint density at radius 2 is 0.893 bits per heavy atom. The van der Waals surface area contributed by atoms with Crippen molar-refractivity contribution in [2.45, 2.75) is 12.8 Å². The average molecular weight is 1110 g/mol. The minimum Gasteiger partial charge on any atom is -0.460 e. The molecule has 0 N–H and O–H groups in total. The second-order valence-corrected chi connectivity index (χ2v) is 24.0. The smallest absolute Gasteiger partial charge is 0.238 e. The van der Waals surface area contributed by atoms with E-state index in [1.807, 2.05) is 12.1 Å². The van der Waals surface area contributed by atoms with E-state index in [0.717, 1.165) is 134 Å². The molecule has 0 bridgehead atoms. The van der Waals surface area contributed by atoms with Crippen LogP contribution in [0, 0.1) is 0 Å². The molecular weight excluding hydrogens is 1070 g/mol. The fourth-order valence-corrected chi connectivity index (χ4v) is 15.4. The fraction of sp³-hybridized carbons (Fsp3) is 0.0274. The van der Waals surface area contributed by atoms with Crippen LogP contribution in [0.2, 0.25) is 0 Å². The number of aromatic nitrogens is 7. The van der Waals surface area contributed by atoms with Gasteiger partial charge < -0.3 is 8.83 Å². The number of furan rings is 2. The molecule has 11 heteroatoms. The molecule has 0 saturated heterocycles. The summed E-state index contributed by atoms with van der Waals surface area (Å²) in [4.78, 5) is 27.7. The summed E-state index contributed by atoms with van der Waals surface area (Å²) < 4.78 is 22.2. The number of aryl methyl sites for hydroxylation is 1. The number of hydrogen-bond acceptors (Lipinski definition) is 9. The molecule has 1 aliphatic rings. The molecule has 1 aliphatic carbocycles. The number of fused-ring (bicyclic) bond motifs is 19. The monoisotopic (exact) mass is 1110 g/mol. The third-order valence-electron chi connectivity index (χ3n) is 17.1. The molecule has 18 aromatic rings. The summed E-state index contributed by atoms with van der Waals surface area (Å²) in [7, 11) is 0. The number of allylic oxidation sites excluding steroid dienone is 1. The number of para-hydroxylation sites is 3.